The first-order valence-electron chi connectivity index (χ1n) is 4.46. The van der Waals surface area contributed by atoms with Crippen LogP contribution >= 0.6 is 15.9 Å². The fourth-order valence-corrected chi connectivity index (χ4v) is 1.71. The van der Waals surface area contributed by atoms with Gasteiger partial charge in [-0.2, -0.15) is 0 Å². The zero-order chi connectivity index (χ0) is 11.4. The van der Waals surface area contributed by atoms with Gasteiger partial charge in [-0.25, -0.2) is 8.78 Å². The molecule has 0 bridgehead atoms. The number of likely N-dealkylation sites (N-methyl/N-ethyl adjacent to an activating group) is 1. The maximum absolute atomic E-state index is 13.6. The molecule has 5 heteroatoms. The number of halogens is 3. The summed E-state index contributed by atoms with van der Waals surface area (Å²) in [6.45, 7) is 0.623. The molecule has 0 heterocycles. The van der Waals surface area contributed by atoms with Gasteiger partial charge in [0.15, 0.2) is 17.4 Å². The van der Waals surface area contributed by atoms with Gasteiger partial charge in [-0.1, -0.05) is 0 Å². The van der Waals surface area contributed by atoms with Gasteiger partial charge in [0.2, 0.25) is 0 Å². The Hall–Kier alpha value is -0.680. The molecule has 0 amide bonds. The first kappa shape index (κ1) is 12.4. The van der Waals surface area contributed by atoms with Crippen molar-refractivity contribution in [1.82, 2.24) is 5.32 Å². The molecule has 0 aliphatic rings. The van der Waals surface area contributed by atoms with Crippen molar-refractivity contribution < 1.29 is 13.5 Å². The van der Waals surface area contributed by atoms with Crippen LogP contribution in [-0.2, 0) is 6.42 Å². The molecule has 0 spiro atoms. The predicted octanol–water partition coefficient (Wildman–Crippen LogP) is 2.50. The summed E-state index contributed by atoms with van der Waals surface area (Å²) in [6.07, 6.45) is 0.484. The Morgan fingerprint density at radius 1 is 1.40 bits per heavy atom. The molecule has 0 radical (unpaired) electrons. The fraction of sp³-hybridized carbons (Fsp3) is 0.400. The molecule has 1 aromatic carbocycles. The van der Waals surface area contributed by atoms with E-state index in [1.807, 2.05) is 0 Å². The number of ether oxygens (including phenoxy) is 1. The number of rotatable bonds is 4. The van der Waals surface area contributed by atoms with E-state index < -0.39 is 11.6 Å². The maximum Gasteiger partial charge on any atom is 0.191 e. The standard InChI is InChI=1S/C10H12BrF2NO/c1-14-4-3-6-5-7(11)9(13)10(15-2)8(6)12/h5,14H,3-4H2,1-2H3. The van der Waals surface area contributed by atoms with Crippen LogP contribution in [0.15, 0.2) is 10.5 Å². The van der Waals surface area contributed by atoms with Crippen LogP contribution in [0.2, 0.25) is 0 Å². The second-order valence-corrected chi connectivity index (χ2v) is 3.89. The lowest BCUT2D eigenvalue weighted by molar-refractivity contribution is 0.356. The quantitative estimate of drug-likeness (QED) is 0.856. The van der Waals surface area contributed by atoms with Crippen molar-refractivity contribution in [3.63, 3.8) is 0 Å². The third-order valence-corrected chi connectivity index (χ3v) is 2.62. The SMILES string of the molecule is CNCCc1cc(Br)c(F)c(OC)c1F. The van der Waals surface area contributed by atoms with E-state index in [0.717, 1.165) is 0 Å². The molecule has 0 unspecified atom stereocenters. The highest BCUT2D eigenvalue weighted by atomic mass is 79.9. The van der Waals surface area contributed by atoms with Gasteiger partial charge in [0.1, 0.15) is 0 Å². The van der Waals surface area contributed by atoms with Gasteiger partial charge in [0, 0.05) is 0 Å². The summed E-state index contributed by atoms with van der Waals surface area (Å²) in [5.74, 6) is -1.67. The summed E-state index contributed by atoms with van der Waals surface area (Å²) in [4.78, 5) is 0. The Labute approximate surface area is 95.8 Å². The summed E-state index contributed by atoms with van der Waals surface area (Å²) in [5.41, 5.74) is 0.425. The lowest BCUT2D eigenvalue weighted by Gasteiger charge is -2.10. The summed E-state index contributed by atoms with van der Waals surface area (Å²) in [6, 6.07) is 1.44. The fourth-order valence-electron chi connectivity index (χ4n) is 1.25. The van der Waals surface area contributed by atoms with Crippen molar-refractivity contribution in [2.75, 3.05) is 20.7 Å². The Bertz CT molecular complexity index is 358. The second-order valence-electron chi connectivity index (χ2n) is 3.03. The predicted molar refractivity (Wildman–Crippen MR) is 58.2 cm³/mol. The summed E-state index contributed by atoms with van der Waals surface area (Å²) in [7, 11) is 3.02. The molecular weight excluding hydrogens is 268 g/mol. The monoisotopic (exact) mass is 279 g/mol. The normalized spacial score (nSPS) is 10.5. The zero-order valence-corrected chi connectivity index (χ0v) is 10.1. The van der Waals surface area contributed by atoms with Gasteiger partial charge in [0.25, 0.3) is 0 Å². The molecule has 84 valence electrons. The number of hydrogen-bond donors (Lipinski definition) is 1. The van der Waals surface area contributed by atoms with Crippen LogP contribution in [0.4, 0.5) is 8.78 Å². The molecule has 0 fully saturated rings. The Morgan fingerprint density at radius 2 is 2.07 bits per heavy atom. The minimum atomic E-state index is -0.705. The van der Waals surface area contributed by atoms with Crippen molar-refractivity contribution in [3.05, 3.63) is 27.7 Å². The second kappa shape index (κ2) is 5.42. The molecule has 2 nitrogen and oxygen atoms in total. The van der Waals surface area contributed by atoms with Crippen LogP contribution in [0, 0.1) is 11.6 Å². The van der Waals surface area contributed by atoms with E-state index in [1.54, 1.807) is 7.05 Å². The molecule has 0 saturated heterocycles. The molecule has 0 aliphatic heterocycles. The molecule has 0 aliphatic carbocycles. The molecule has 0 atom stereocenters. The van der Waals surface area contributed by atoms with E-state index in [4.69, 9.17) is 0 Å². The highest BCUT2D eigenvalue weighted by Gasteiger charge is 2.17. The van der Waals surface area contributed by atoms with Crippen molar-refractivity contribution in [3.8, 4) is 5.75 Å². The molecule has 1 N–H and O–H groups in total. The number of methoxy groups -OCH3 is 1. The van der Waals surface area contributed by atoms with Crippen molar-refractivity contribution in [2.45, 2.75) is 6.42 Å². The van der Waals surface area contributed by atoms with Crippen LogP contribution in [0.3, 0.4) is 0 Å². The lowest BCUT2D eigenvalue weighted by atomic mass is 10.1. The first-order chi connectivity index (χ1) is 7.11. The molecular formula is C10H12BrF2NO. The molecule has 0 saturated carbocycles. The van der Waals surface area contributed by atoms with Crippen molar-refractivity contribution in [2.24, 2.45) is 0 Å². The largest absolute Gasteiger partial charge is 0.491 e. The van der Waals surface area contributed by atoms with E-state index in [0.29, 0.717) is 18.5 Å². The Morgan fingerprint density at radius 3 is 2.60 bits per heavy atom. The van der Waals surface area contributed by atoms with Gasteiger partial charge < -0.3 is 10.1 Å². The van der Waals surface area contributed by atoms with Crippen LogP contribution < -0.4 is 10.1 Å². The Kier molecular flexibility index (Phi) is 4.47. The molecule has 15 heavy (non-hydrogen) atoms. The van der Waals surface area contributed by atoms with Gasteiger partial charge >= 0.3 is 0 Å². The van der Waals surface area contributed by atoms with Crippen LogP contribution in [-0.4, -0.2) is 20.7 Å². The number of hydrogen-bond acceptors (Lipinski definition) is 2. The van der Waals surface area contributed by atoms with Crippen LogP contribution in [0.5, 0.6) is 5.75 Å². The summed E-state index contributed by atoms with van der Waals surface area (Å²) < 4.78 is 31.9. The van der Waals surface area contributed by atoms with Crippen LogP contribution in [0.1, 0.15) is 5.56 Å². The number of benzene rings is 1. The van der Waals surface area contributed by atoms with Crippen LogP contribution in [0.25, 0.3) is 0 Å². The molecule has 1 aromatic rings. The summed E-state index contributed by atoms with van der Waals surface area (Å²) >= 11 is 3.02. The molecule has 1 rings (SSSR count). The average molecular weight is 280 g/mol. The van der Waals surface area contributed by atoms with E-state index >= 15 is 0 Å². The van der Waals surface area contributed by atoms with Crippen molar-refractivity contribution in [1.29, 1.82) is 0 Å². The van der Waals surface area contributed by atoms with Crippen molar-refractivity contribution >= 4 is 15.9 Å². The van der Waals surface area contributed by atoms with E-state index in [2.05, 4.69) is 26.0 Å². The van der Waals surface area contributed by atoms with E-state index in [9.17, 15) is 8.78 Å². The minimum absolute atomic E-state index is 0.215. The van der Waals surface area contributed by atoms with E-state index in [-0.39, 0.29) is 10.2 Å². The summed E-state index contributed by atoms with van der Waals surface area (Å²) in [5, 5.41) is 2.90. The van der Waals surface area contributed by atoms with Gasteiger partial charge in [-0.05, 0) is 47.6 Å². The number of nitrogens with one attached hydrogen (secondary N) is 1. The Balaban J connectivity index is 3.12. The smallest absolute Gasteiger partial charge is 0.191 e. The zero-order valence-electron chi connectivity index (χ0n) is 8.53. The lowest BCUT2D eigenvalue weighted by Crippen LogP contribution is -2.12. The average Bonchev–Trinajstić information content (AvgIpc) is 2.22. The minimum Gasteiger partial charge on any atom is -0.491 e. The van der Waals surface area contributed by atoms with Gasteiger partial charge in [-0.3, -0.25) is 0 Å². The highest BCUT2D eigenvalue weighted by Crippen LogP contribution is 2.30. The highest BCUT2D eigenvalue weighted by molar-refractivity contribution is 9.10. The van der Waals surface area contributed by atoms with Gasteiger partial charge in [0.05, 0.1) is 11.6 Å². The molecule has 0 aromatic heterocycles. The third kappa shape index (κ3) is 2.66. The van der Waals surface area contributed by atoms with Gasteiger partial charge in [-0.15, -0.1) is 0 Å². The third-order valence-electron chi connectivity index (χ3n) is 2.04. The maximum atomic E-state index is 13.6. The van der Waals surface area contributed by atoms with E-state index in [1.165, 1.54) is 13.2 Å². The topological polar surface area (TPSA) is 21.3 Å². The first-order valence-corrected chi connectivity index (χ1v) is 5.26.